The molecule has 31 heavy (non-hydrogen) atoms. The first-order valence-corrected chi connectivity index (χ1v) is 11.0. The number of ether oxygens (including phenoxy) is 2. The van der Waals surface area contributed by atoms with E-state index < -0.39 is 11.8 Å². The third-order valence-corrected chi connectivity index (χ3v) is 5.68. The van der Waals surface area contributed by atoms with Crippen LogP contribution in [0, 0.1) is 0 Å². The minimum atomic E-state index is -0.636. The highest BCUT2D eigenvalue weighted by Gasteiger charge is 2.16. The molecule has 2 aliphatic heterocycles. The Labute approximate surface area is 182 Å². The van der Waals surface area contributed by atoms with Crippen molar-refractivity contribution in [2.75, 3.05) is 31.3 Å². The quantitative estimate of drug-likeness (QED) is 0.529. The van der Waals surface area contributed by atoms with Crippen molar-refractivity contribution in [2.24, 2.45) is 0 Å². The number of carbonyl (C=O) groups is 2. The van der Waals surface area contributed by atoms with Crippen LogP contribution in [0.5, 0.6) is 11.5 Å². The molecule has 2 N–H and O–H groups in total. The van der Waals surface area contributed by atoms with E-state index in [4.69, 9.17) is 9.47 Å². The van der Waals surface area contributed by atoms with E-state index in [2.05, 4.69) is 39.8 Å². The molecule has 164 valence electrons. The fourth-order valence-corrected chi connectivity index (χ4v) is 3.91. The zero-order valence-corrected chi connectivity index (χ0v) is 17.7. The lowest BCUT2D eigenvalue weighted by Gasteiger charge is -2.28. The molecular formula is C24H29N3O4. The third kappa shape index (κ3) is 5.69. The van der Waals surface area contributed by atoms with Gasteiger partial charge < -0.3 is 25.0 Å². The van der Waals surface area contributed by atoms with E-state index >= 15 is 0 Å². The lowest BCUT2D eigenvalue weighted by atomic mass is 10.1. The Morgan fingerprint density at radius 2 is 1.55 bits per heavy atom. The normalized spacial score (nSPS) is 14.9. The highest BCUT2D eigenvalue weighted by molar-refractivity contribution is 6.35. The lowest BCUT2D eigenvalue weighted by Crippen LogP contribution is -2.40. The van der Waals surface area contributed by atoms with E-state index in [9.17, 15) is 9.59 Å². The fraction of sp³-hybridized carbons (Fsp3) is 0.417. The molecule has 0 aromatic heterocycles. The van der Waals surface area contributed by atoms with E-state index in [-0.39, 0.29) is 13.3 Å². The number of hydrogen-bond donors (Lipinski definition) is 2. The standard InChI is InChI=1S/C24H29N3O4/c28-23(24(29)26-16-19-8-11-21-22(15-19)31-17-30-21)25-12-4-5-18-6-9-20(10-7-18)27-13-2-1-3-14-27/h6-11,15H,1-5,12-14,16-17H2,(H,25,28)(H,26,29). The summed E-state index contributed by atoms with van der Waals surface area (Å²) in [7, 11) is 0. The highest BCUT2D eigenvalue weighted by Crippen LogP contribution is 2.32. The summed E-state index contributed by atoms with van der Waals surface area (Å²) >= 11 is 0. The van der Waals surface area contributed by atoms with Gasteiger partial charge in [0.2, 0.25) is 6.79 Å². The summed E-state index contributed by atoms with van der Waals surface area (Å²) in [6.45, 7) is 3.21. The zero-order valence-electron chi connectivity index (χ0n) is 17.7. The van der Waals surface area contributed by atoms with Crippen LogP contribution in [-0.2, 0) is 22.6 Å². The van der Waals surface area contributed by atoms with Gasteiger partial charge in [-0.05, 0) is 67.5 Å². The average Bonchev–Trinajstić information content (AvgIpc) is 3.29. The van der Waals surface area contributed by atoms with Gasteiger partial charge in [0.25, 0.3) is 0 Å². The summed E-state index contributed by atoms with van der Waals surface area (Å²) in [4.78, 5) is 26.5. The number of carbonyl (C=O) groups excluding carboxylic acids is 2. The number of nitrogens with zero attached hydrogens (tertiary/aromatic N) is 1. The van der Waals surface area contributed by atoms with Gasteiger partial charge in [-0.25, -0.2) is 0 Å². The first kappa shape index (κ1) is 21.0. The van der Waals surface area contributed by atoms with Crippen molar-refractivity contribution in [2.45, 2.75) is 38.6 Å². The first-order chi connectivity index (χ1) is 15.2. The lowest BCUT2D eigenvalue weighted by molar-refractivity contribution is -0.139. The topological polar surface area (TPSA) is 79.9 Å². The maximum Gasteiger partial charge on any atom is 0.309 e. The van der Waals surface area contributed by atoms with Gasteiger partial charge in [0, 0.05) is 31.9 Å². The smallest absolute Gasteiger partial charge is 0.309 e. The number of fused-ring (bicyclic) bond motifs is 1. The molecule has 0 saturated carbocycles. The molecular weight excluding hydrogens is 394 g/mol. The number of anilines is 1. The van der Waals surface area contributed by atoms with E-state index in [0.29, 0.717) is 18.0 Å². The maximum absolute atomic E-state index is 12.0. The summed E-state index contributed by atoms with van der Waals surface area (Å²) in [5.74, 6) is 0.0962. The molecule has 0 atom stereocenters. The van der Waals surface area contributed by atoms with E-state index in [1.807, 2.05) is 6.07 Å². The van der Waals surface area contributed by atoms with Crippen LogP contribution in [-0.4, -0.2) is 38.2 Å². The van der Waals surface area contributed by atoms with Gasteiger partial charge >= 0.3 is 11.8 Å². The number of hydrogen-bond acceptors (Lipinski definition) is 5. The number of amides is 2. The number of aryl methyl sites for hydroxylation is 1. The summed E-state index contributed by atoms with van der Waals surface area (Å²) in [5.41, 5.74) is 3.37. The Bertz CT molecular complexity index is 908. The van der Waals surface area contributed by atoms with Gasteiger partial charge in [-0.1, -0.05) is 18.2 Å². The SMILES string of the molecule is O=C(NCCCc1ccc(N2CCCCC2)cc1)C(=O)NCc1ccc2c(c1)OCO2. The van der Waals surface area contributed by atoms with Crippen LogP contribution in [0.3, 0.4) is 0 Å². The van der Waals surface area contributed by atoms with Crippen molar-refractivity contribution in [3.8, 4) is 11.5 Å². The van der Waals surface area contributed by atoms with Crippen LogP contribution >= 0.6 is 0 Å². The number of piperidine rings is 1. The predicted octanol–water partition coefficient (Wildman–Crippen LogP) is 2.77. The summed E-state index contributed by atoms with van der Waals surface area (Å²) in [6.07, 6.45) is 5.51. The van der Waals surface area contributed by atoms with Crippen molar-refractivity contribution in [1.29, 1.82) is 0 Å². The predicted molar refractivity (Wildman–Crippen MR) is 118 cm³/mol. The molecule has 0 bridgehead atoms. The van der Waals surface area contributed by atoms with Gasteiger partial charge in [-0.15, -0.1) is 0 Å². The monoisotopic (exact) mass is 423 g/mol. The van der Waals surface area contributed by atoms with Gasteiger partial charge in [-0.3, -0.25) is 9.59 Å². The van der Waals surface area contributed by atoms with Crippen molar-refractivity contribution in [1.82, 2.24) is 10.6 Å². The van der Waals surface area contributed by atoms with Crippen LogP contribution < -0.4 is 25.0 Å². The second-order valence-electron chi connectivity index (χ2n) is 7.94. The van der Waals surface area contributed by atoms with Crippen molar-refractivity contribution < 1.29 is 19.1 Å². The minimum absolute atomic E-state index is 0.205. The Hall–Kier alpha value is -3.22. The molecule has 0 radical (unpaired) electrons. The van der Waals surface area contributed by atoms with Gasteiger partial charge in [0.05, 0.1) is 0 Å². The van der Waals surface area contributed by atoms with Gasteiger partial charge in [0.1, 0.15) is 0 Å². The van der Waals surface area contributed by atoms with E-state index in [0.717, 1.165) is 31.5 Å². The minimum Gasteiger partial charge on any atom is -0.454 e. The van der Waals surface area contributed by atoms with Crippen LogP contribution in [0.4, 0.5) is 5.69 Å². The van der Waals surface area contributed by atoms with Crippen LogP contribution in [0.25, 0.3) is 0 Å². The fourth-order valence-electron chi connectivity index (χ4n) is 3.91. The highest BCUT2D eigenvalue weighted by atomic mass is 16.7. The third-order valence-electron chi connectivity index (χ3n) is 5.68. The average molecular weight is 424 g/mol. The number of rotatable bonds is 7. The number of benzene rings is 2. The van der Waals surface area contributed by atoms with Gasteiger partial charge in [0.15, 0.2) is 11.5 Å². The molecule has 2 heterocycles. The number of nitrogens with one attached hydrogen (secondary N) is 2. The molecule has 2 amide bonds. The molecule has 1 saturated heterocycles. The molecule has 0 aliphatic carbocycles. The maximum atomic E-state index is 12.0. The second-order valence-corrected chi connectivity index (χ2v) is 7.94. The largest absolute Gasteiger partial charge is 0.454 e. The molecule has 2 aromatic carbocycles. The van der Waals surface area contributed by atoms with Crippen molar-refractivity contribution >= 4 is 17.5 Å². The zero-order chi connectivity index (χ0) is 21.5. The summed E-state index contributed by atoms with van der Waals surface area (Å²) < 4.78 is 10.6. The Morgan fingerprint density at radius 1 is 0.839 bits per heavy atom. The molecule has 7 heteroatoms. The molecule has 4 rings (SSSR count). The molecule has 1 fully saturated rings. The van der Waals surface area contributed by atoms with Gasteiger partial charge in [-0.2, -0.15) is 0 Å². The molecule has 2 aliphatic rings. The second kappa shape index (κ2) is 10.2. The van der Waals surface area contributed by atoms with Crippen LogP contribution in [0.1, 0.15) is 36.8 Å². The Balaban J connectivity index is 1.14. The Kier molecular flexibility index (Phi) is 6.92. The summed E-state index contributed by atoms with van der Waals surface area (Å²) in [5, 5.41) is 5.32. The van der Waals surface area contributed by atoms with E-state index in [1.165, 1.54) is 30.5 Å². The van der Waals surface area contributed by atoms with Crippen molar-refractivity contribution in [3.63, 3.8) is 0 Å². The Morgan fingerprint density at radius 3 is 2.35 bits per heavy atom. The van der Waals surface area contributed by atoms with Crippen molar-refractivity contribution in [3.05, 3.63) is 53.6 Å². The summed E-state index contributed by atoms with van der Waals surface area (Å²) in [6, 6.07) is 14.1. The van der Waals surface area contributed by atoms with E-state index in [1.54, 1.807) is 12.1 Å². The van der Waals surface area contributed by atoms with Crippen LogP contribution in [0.2, 0.25) is 0 Å². The van der Waals surface area contributed by atoms with Crippen LogP contribution in [0.15, 0.2) is 42.5 Å². The molecule has 7 nitrogen and oxygen atoms in total. The molecule has 0 spiro atoms. The molecule has 2 aromatic rings. The first-order valence-electron chi connectivity index (χ1n) is 11.0. The molecule has 0 unspecified atom stereocenters.